The summed E-state index contributed by atoms with van der Waals surface area (Å²) in [5.74, 6) is 1.16. The Morgan fingerprint density at radius 2 is 2.00 bits per heavy atom. The molecular weight excluding hydrogens is 306 g/mol. The molecule has 1 atom stereocenters. The topological polar surface area (TPSA) is 95.3 Å². The highest BCUT2D eigenvalue weighted by atomic mass is 16.3. The van der Waals surface area contributed by atoms with Crippen LogP contribution < -0.4 is 10.9 Å². The van der Waals surface area contributed by atoms with Crippen molar-refractivity contribution in [1.82, 2.24) is 19.6 Å². The number of nitrogens with zero attached hydrogens (tertiary/aromatic N) is 3. The first-order valence-electron chi connectivity index (χ1n) is 7.91. The van der Waals surface area contributed by atoms with Gasteiger partial charge in [0.25, 0.3) is 5.56 Å². The number of benzene rings is 1. The van der Waals surface area contributed by atoms with Crippen LogP contribution in [0.4, 0.5) is 5.95 Å². The lowest BCUT2D eigenvalue weighted by molar-refractivity contribution is 0.275. The van der Waals surface area contributed by atoms with Crippen molar-refractivity contribution in [2.75, 3.05) is 11.9 Å². The van der Waals surface area contributed by atoms with Gasteiger partial charge in [-0.25, -0.2) is 9.50 Å². The molecule has 2 heterocycles. The number of aryl methyl sites for hydroxylation is 1. The molecule has 7 heteroatoms. The van der Waals surface area contributed by atoms with Crippen LogP contribution in [0.15, 0.2) is 35.3 Å². The Kier molecular flexibility index (Phi) is 4.35. The van der Waals surface area contributed by atoms with Crippen molar-refractivity contribution >= 4 is 11.5 Å². The summed E-state index contributed by atoms with van der Waals surface area (Å²) in [6.45, 7) is 5.87. The molecule has 0 amide bonds. The highest BCUT2D eigenvalue weighted by Crippen LogP contribution is 2.18. The van der Waals surface area contributed by atoms with Crippen LogP contribution in [-0.2, 0) is 0 Å². The molecule has 0 aliphatic heterocycles. The number of nitrogens with one attached hydrogen (secondary N) is 2. The van der Waals surface area contributed by atoms with Crippen LogP contribution in [0.5, 0.6) is 0 Å². The molecule has 0 aliphatic carbocycles. The number of hydrogen-bond donors (Lipinski definition) is 3. The Labute approximate surface area is 139 Å². The lowest BCUT2D eigenvalue weighted by Crippen LogP contribution is -2.22. The van der Waals surface area contributed by atoms with Crippen LogP contribution >= 0.6 is 0 Å². The highest BCUT2D eigenvalue weighted by molar-refractivity contribution is 5.45. The molecule has 3 N–H and O–H groups in total. The minimum absolute atomic E-state index is 0.119. The van der Waals surface area contributed by atoms with Crippen molar-refractivity contribution in [1.29, 1.82) is 0 Å². The number of aromatic amines is 1. The molecule has 126 valence electrons. The summed E-state index contributed by atoms with van der Waals surface area (Å²) in [5, 5.41) is 17.2. The second kappa shape index (κ2) is 6.45. The molecular formula is C17H21N5O2. The summed E-state index contributed by atoms with van der Waals surface area (Å²) in [6, 6.07) is 7.47. The van der Waals surface area contributed by atoms with Crippen molar-refractivity contribution in [2.24, 2.45) is 0 Å². The molecule has 0 spiro atoms. The van der Waals surface area contributed by atoms with Gasteiger partial charge in [-0.3, -0.25) is 9.78 Å². The Hall–Kier alpha value is -2.67. The zero-order chi connectivity index (χ0) is 17.3. The molecule has 0 radical (unpaired) electrons. The van der Waals surface area contributed by atoms with Gasteiger partial charge in [-0.15, -0.1) is 5.10 Å². The summed E-state index contributed by atoms with van der Waals surface area (Å²) in [5.41, 5.74) is 2.19. The van der Waals surface area contributed by atoms with Gasteiger partial charge in [0.05, 0.1) is 18.8 Å². The minimum atomic E-state index is -0.364. The maximum atomic E-state index is 12.2. The Balaban J connectivity index is 1.97. The molecule has 3 rings (SSSR count). The molecule has 0 fully saturated rings. The van der Waals surface area contributed by atoms with Gasteiger partial charge in [0, 0.05) is 5.92 Å². The fourth-order valence-electron chi connectivity index (χ4n) is 2.57. The number of H-pyrrole nitrogens is 1. The molecule has 24 heavy (non-hydrogen) atoms. The van der Waals surface area contributed by atoms with Gasteiger partial charge < -0.3 is 10.4 Å². The Morgan fingerprint density at radius 1 is 1.29 bits per heavy atom. The molecule has 1 unspecified atom stereocenters. The predicted octanol–water partition coefficient (Wildman–Crippen LogP) is 1.99. The van der Waals surface area contributed by atoms with Crippen LogP contribution in [0.1, 0.15) is 42.8 Å². The summed E-state index contributed by atoms with van der Waals surface area (Å²) in [7, 11) is 0. The van der Waals surface area contributed by atoms with Gasteiger partial charge in [-0.2, -0.15) is 0 Å². The quantitative estimate of drug-likeness (QED) is 0.666. The van der Waals surface area contributed by atoms with Crippen molar-refractivity contribution in [2.45, 2.75) is 32.7 Å². The Bertz CT molecular complexity index is 895. The van der Waals surface area contributed by atoms with E-state index in [0.717, 1.165) is 17.0 Å². The van der Waals surface area contributed by atoms with E-state index in [0.29, 0.717) is 11.5 Å². The summed E-state index contributed by atoms with van der Waals surface area (Å²) >= 11 is 0. The normalized spacial score (nSPS) is 12.7. The SMILES string of the molecule is Cc1ccc(C(CO)Nc2nn3c(C(C)C)ncc3c(=O)[nH]2)cc1. The number of hydrogen-bond acceptors (Lipinski definition) is 5. The molecule has 0 saturated carbocycles. The van der Waals surface area contributed by atoms with E-state index < -0.39 is 0 Å². The van der Waals surface area contributed by atoms with Crippen molar-refractivity contribution < 1.29 is 5.11 Å². The van der Waals surface area contributed by atoms with Crippen molar-refractivity contribution in [3.05, 3.63) is 57.8 Å². The zero-order valence-corrected chi connectivity index (χ0v) is 13.9. The number of aromatic nitrogens is 4. The molecule has 3 aromatic rings. The van der Waals surface area contributed by atoms with Crippen LogP contribution in [0.3, 0.4) is 0 Å². The summed E-state index contributed by atoms with van der Waals surface area (Å²) in [4.78, 5) is 19.2. The standard InChI is InChI=1S/C17H21N5O2/c1-10(2)15-18-8-14-16(24)20-17(21-22(14)15)19-13(9-23)12-6-4-11(3)5-7-12/h4-8,10,13,23H,9H2,1-3H3,(H2,19,20,21,24). The van der Waals surface area contributed by atoms with E-state index in [1.54, 1.807) is 4.52 Å². The van der Waals surface area contributed by atoms with Gasteiger partial charge in [-0.05, 0) is 12.5 Å². The van der Waals surface area contributed by atoms with Crippen LogP contribution in [0.2, 0.25) is 0 Å². The van der Waals surface area contributed by atoms with Gasteiger partial charge >= 0.3 is 0 Å². The van der Waals surface area contributed by atoms with Gasteiger partial charge in [-0.1, -0.05) is 43.7 Å². The highest BCUT2D eigenvalue weighted by Gasteiger charge is 2.15. The lowest BCUT2D eigenvalue weighted by atomic mass is 10.1. The number of aliphatic hydroxyl groups excluding tert-OH is 1. The van der Waals surface area contributed by atoms with Crippen LogP contribution in [0.25, 0.3) is 5.52 Å². The molecule has 7 nitrogen and oxygen atoms in total. The van der Waals surface area contributed by atoms with Crippen LogP contribution in [-0.4, -0.2) is 31.3 Å². The average molecular weight is 327 g/mol. The zero-order valence-electron chi connectivity index (χ0n) is 13.9. The van der Waals surface area contributed by atoms with E-state index >= 15 is 0 Å². The minimum Gasteiger partial charge on any atom is -0.394 e. The molecule has 1 aromatic carbocycles. The Morgan fingerprint density at radius 3 is 2.62 bits per heavy atom. The second-order valence-corrected chi connectivity index (χ2v) is 6.16. The molecule has 0 bridgehead atoms. The fourth-order valence-corrected chi connectivity index (χ4v) is 2.57. The smallest absolute Gasteiger partial charge is 0.278 e. The van der Waals surface area contributed by atoms with E-state index in [9.17, 15) is 9.90 Å². The first-order valence-corrected chi connectivity index (χ1v) is 7.91. The second-order valence-electron chi connectivity index (χ2n) is 6.16. The first kappa shape index (κ1) is 16.2. The molecule has 2 aromatic heterocycles. The van der Waals surface area contributed by atoms with Gasteiger partial charge in [0.2, 0.25) is 5.95 Å². The fraction of sp³-hybridized carbons (Fsp3) is 0.353. The summed E-state index contributed by atoms with van der Waals surface area (Å²) < 4.78 is 1.55. The van der Waals surface area contributed by atoms with Gasteiger partial charge in [0.1, 0.15) is 5.82 Å². The number of fused-ring (bicyclic) bond motifs is 1. The molecule has 0 aliphatic rings. The van der Waals surface area contributed by atoms with Crippen molar-refractivity contribution in [3.63, 3.8) is 0 Å². The van der Waals surface area contributed by atoms with E-state index in [1.165, 1.54) is 6.20 Å². The maximum Gasteiger partial charge on any atom is 0.278 e. The first-order chi connectivity index (χ1) is 11.5. The maximum absolute atomic E-state index is 12.2. The van der Waals surface area contributed by atoms with Gasteiger partial charge in [0.15, 0.2) is 5.52 Å². The van der Waals surface area contributed by atoms with E-state index in [-0.39, 0.29) is 24.1 Å². The number of anilines is 1. The van der Waals surface area contributed by atoms with Crippen LogP contribution in [0, 0.1) is 6.92 Å². The summed E-state index contributed by atoms with van der Waals surface area (Å²) in [6.07, 6.45) is 1.52. The monoisotopic (exact) mass is 327 g/mol. The molecule has 0 saturated heterocycles. The third-order valence-electron chi connectivity index (χ3n) is 3.92. The van der Waals surface area contributed by atoms with E-state index in [4.69, 9.17) is 0 Å². The van der Waals surface area contributed by atoms with Crippen molar-refractivity contribution in [3.8, 4) is 0 Å². The predicted molar refractivity (Wildman–Crippen MR) is 92.3 cm³/mol. The number of aliphatic hydroxyl groups is 1. The largest absolute Gasteiger partial charge is 0.394 e. The average Bonchev–Trinajstić information content (AvgIpc) is 2.98. The number of imidazole rings is 1. The van der Waals surface area contributed by atoms with E-state index in [1.807, 2.05) is 45.0 Å². The third kappa shape index (κ3) is 3.03. The third-order valence-corrected chi connectivity index (χ3v) is 3.92. The number of rotatable bonds is 5. The van der Waals surface area contributed by atoms with E-state index in [2.05, 4.69) is 20.4 Å². The lowest BCUT2D eigenvalue weighted by Gasteiger charge is -2.17.